The number of anilines is 1. The van der Waals surface area contributed by atoms with Crippen molar-refractivity contribution >= 4 is 26.6 Å². The maximum atomic E-state index is 15.0. The van der Waals surface area contributed by atoms with Crippen LogP contribution in [0.1, 0.15) is 26.2 Å². The van der Waals surface area contributed by atoms with Gasteiger partial charge in [-0.05, 0) is 74.2 Å². The highest BCUT2D eigenvalue weighted by molar-refractivity contribution is 7.92. The van der Waals surface area contributed by atoms with Crippen molar-refractivity contribution < 1.29 is 31.4 Å². The molecule has 42 heavy (non-hydrogen) atoms. The molecule has 1 atom stereocenters. The van der Waals surface area contributed by atoms with Gasteiger partial charge >= 0.3 is 0 Å². The molecule has 1 fully saturated rings. The minimum atomic E-state index is -4.12. The van der Waals surface area contributed by atoms with E-state index in [-0.39, 0.29) is 16.3 Å². The van der Waals surface area contributed by atoms with Crippen LogP contribution in [0.4, 0.5) is 14.5 Å². The minimum Gasteiger partial charge on any atom is -0.493 e. The first-order valence-corrected chi connectivity index (χ1v) is 15.3. The van der Waals surface area contributed by atoms with Crippen LogP contribution < -0.4 is 18.9 Å². The van der Waals surface area contributed by atoms with E-state index in [1.54, 1.807) is 31.5 Å². The molecule has 0 saturated carbocycles. The Hall–Kier alpha value is -3.96. The largest absolute Gasteiger partial charge is 0.493 e. The van der Waals surface area contributed by atoms with Crippen molar-refractivity contribution in [3.63, 3.8) is 0 Å². The molecule has 2 heterocycles. The molecule has 1 N–H and O–H groups in total. The summed E-state index contributed by atoms with van der Waals surface area (Å²) in [5.41, 5.74) is 0.537. The molecule has 1 aromatic heterocycles. The van der Waals surface area contributed by atoms with Crippen LogP contribution in [0.3, 0.4) is 0 Å². The van der Waals surface area contributed by atoms with Crippen molar-refractivity contribution in [2.45, 2.75) is 31.1 Å². The number of fused-ring (bicyclic) bond motifs is 1. The fourth-order valence-electron chi connectivity index (χ4n) is 5.06. The average Bonchev–Trinajstić information content (AvgIpc) is 2.96. The Morgan fingerprint density at radius 3 is 2.64 bits per heavy atom. The molecule has 5 rings (SSSR count). The number of nitrogens with one attached hydrogen (secondary N) is 1. The molecular weight excluding hydrogens is 564 g/mol. The van der Waals surface area contributed by atoms with Crippen molar-refractivity contribution in [1.82, 2.24) is 9.88 Å². The Morgan fingerprint density at radius 1 is 1.02 bits per heavy atom. The summed E-state index contributed by atoms with van der Waals surface area (Å²) in [6, 6.07) is 13.3. The number of methoxy groups -OCH3 is 1. The van der Waals surface area contributed by atoms with Crippen LogP contribution in [0.2, 0.25) is 0 Å². The van der Waals surface area contributed by atoms with E-state index >= 15 is 4.39 Å². The van der Waals surface area contributed by atoms with Crippen molar-refractivity contribution in [3.05, 3.63) is 78.5 Å². The third-order valence-corrected chi connectivity index (χ3v) is 8.49. The molecule has 0 bridgehead atoms. The van der Waals surface area contributed by atoms with Gasteiger partial charge in [0, 0.05) is 36.8 Å². The molecule has 0 aliphatic carbocycles. The lowest BCUT2D eigenvalue weighted by atomic mass is 10.0. The number of hydrogen-bond donors (Lipinski definition) is 1. The van der Waals surface area contributed by atoms with Crippen LogP contribution in [0.25, 0.3) is 10.9 Å². The zero-order valence-corrected chi connectivity index (χ0v) is 24.3. The molecule has 0 radical (unpaired) electrons. The third-order valence-electron chi connectivity index (χ3n) is 7.11. The second kappa shape index (κ2) is 12.9. The Bertz CT molecular complexity index is 1670. The minimum absolute atomic E-state index is 0.0399. The van der Waals surface area contributed by atoms with Gasteiger partial charge in [-0.25, -0.2) is 17.2 Å². The van der Waals surface area contributed by atoms with E-state index in [9.17, 15) is 12.8 Å². The predicted molar refractivity (Wildman–Crippen MR) is 157 cm³/mol. The van der Waals surface area contributed by atoms with E-state index in [0.29, 0.717) is 34.8 Å². The predicted octanol–water partition coefficient (Wildman–Crippen LogP) is 6.62. The number of benzene rings is 3. The first-order chi connectivity index (χ1) is 20.2. The van der Waals surface area contributed by atoms with Crippen LogP contribution in [0.5, 0.6) is 23.0 Å². The van der Waals surface area contributed by atoms with E-state index in [1.165, 1.54) is 37.1 Å². The average molecular weight is 598 g/mol. The topological polar surface area (TPSA) is 90.0 Å². The SMILES string of the molecule is COc1cc2c(Oc3ccc(NS(=O)(=O)c4cccc(F)c4)cc3F)ccnc2cc1OCCCN1CCCC(C)C1. The highest BCUT2D eigenvalue weighted by Gasteiger charge is 2.18. The molecule has 1 unspecified atom stereocenters. The lowest BCUT2D eigenvalue weighted by Gasteiger charge is -2.30. The monoisotopic (exact) mass is 597 g/mol. The maximum absolute atomic E-state index is 15.0. The lowest BCUT2D eigenvalue weighted by Crippen LogP contribution is -2.35. The number of rotatable bonds is 11. The molecule has 8 nitrogen and oxygen atoms in total. The summed E-state index contributed by atoms with van der Waals surface area (Å²) < 4.78 is 73.4. The number of sulfonamides is 1. The number of likely N-dealkylation sites (tertiary alicyclic amines) is 1. The summed E-state index contributed by atoms with van der Waals surface area (Å²) in [7, 11) is -2.57. The zero-order chi connectivity index (χ0) is 29.7. The van der Waals surface area contributed by atoms with Crippen molar-refractivity contribution in [2.24, 2.45) is 5.92 Å². The molecule has 4 aromatic rings. The molecule has 1 aliphatic heterocycles. The molecule has 1 saturated heterocycles. The number of pyridine rings is 1. The number of nitrogens with zero attached hydrogens (tertiary/aromatic N) is 2. The van der Waals surface area contributed by atoms with Gasteiger partial charge in [0.25, 0.3) is 10.0 Å². The van der Waals surface area contributed by atoms with Gasteiger partial charge in [0.1, 0.15) is 11.6 Å². The van der Waals surface area contributed by atoms with Crippen LogP contribution in [0.15, 0.2) is 71.8 Å². The Morgan fingerprint density at radius 2 is 1.88 bits per heavy atom. The first kappa shape index (κ1) is 29.5. The molecule has 3 aromatic carbocycles. The Labute approximate surface area is 244 Å². The smallest absolute Gasteiger partial charge is 0.261 e. The van der Waals surface area contributed by atoms with Gasteiger partial charge in [-0.3, -0.25) is 9.71 Å². The van der Waals surface area contributed by atoms with E-state index in [1.807, 2.05) is 0 Å². The first-order valence-electron chi connectivity index (χ1n) is 13.8. The van der Waals surface area contributed by atoms with Crippen molar-refractivity contribution in [3.8, 4) is 23.0 Å². The summed E-state index contributed by atoms with van der Waals surface area (Å²) in [6.07, 6.45) is 4.96. The summed E-state index contributed by atoms with van der Waals surface area (Å²) in [4.78, 5) is 6.62. The van der Waals surface area contributed by atoms with Crippen molar-refractivity contribution in [1.29, 1.82) is 0 Å². The van der Waals surface area contributed by atoms with Gasteiger partial charge < -0.3 is 19.1 Å². The fourth-order valence-corrected chi connectivity index (χ4v) is 6.14. The lowest BCUT2D eigenvalue weighted by molar-refractivity contribution is 0.169. The molecular formula is C31H33F2N3O5S. The van der Waals surface area contributed by atoms with E-state index in [4.69, 9.17) is 14.2 Å². The number of ether oxygens (including phenoxy) is 3. The van der Waals surface area contributed by atoms with Gasteiger partial charge in [-0.15, -0.1) is 0 Å². The highest BCUT2D eigenvalue weighted by atomic mass is 32.2. The van der Waals surface area contributed by atoms with E-state index < -0.39 is 21.7 Å². The van der Waals surface area contributed by atoms with Crippen LogP contribution in [0, 0.1) is 17.6 Å². The van der Waals surface area contributed by atoms with Gasteiger partial charge in [0.05, 0.1) is 29.8 Å². The second-order valence-electron chi connectivity index (χ2n) is 10.4. The number of halogens is 2. The number of hydrogen-bond acceptors (Lipinski definition) is 7. The molecule has 0 spiro atoms. The van der Waals surface area contributed by atoms with Gasteiger partial charge in [0.2, 0.25) is 0 Å². The van der Waals surface area contributed by atoms with Crippen LogP contribution >= 0.6 is 0 Å². The molecule has 222 valence electrons. The summed E-state index contributed by atoms with van der Waals surface area (Å²) >= 11 is 0. The maximum Gasteiger partial charge on any atom is 0.261 e. The summed E-state index contributed by atoms with van der Waals surface area (Å²) in [5.74, 6) is 0.495. The standard InChI is InChI=1S/C31H33F2N3O5S/c1-21-6-4-13-36(20-21)14-5-15-40-31-19-27-25(18-30(31)39-2)28(11-12-34-27)41-29-10-9-23(17-26(29)33)35-42(37,38)24-8-3-7-22(32)16-24/h3,7-12,16-19,21,35H,4-6,13-15,20H2,1-2H3. The Kier molecular flexibility index (Phi) is 9.08. The molecule has 0 amide bonds. The normalized spacial score (nSPS) is 15.9. The third kappa shape index (κ3) is 7.08. The van der Waals surface area contributed by atoms with Gasteiger partial charge in [-0.2, -0.15) is 0 Å². The van der Waals surface area contributed by atoms with Crippen LogP contribution in [-0.4, -0.2) is 51.7 Å². The Balaban J connectivity index is 1.28. The van der Waals surface area contributed by atoms with Crippen molar-refractivity contribution in [2.75, 3.05) is 38.1 Å². The highest BCUT2D eigenvalue weighted by Crippen LogP contribution is 2.38. The quantitative estimate of drug-likeness (QED) is 0.195. The zero-order valence-electron chi connectivity index (χ0n) is 23.5. The fraction of sp³-hybridized carbons (Fsp3) is 0.323. The molecule has 11 heteroatoms. The van der Waals surface area contributed by atoms with Gasteiger partial charge in [-0.1, -0.05) is 13.0 Å². The van der Waals surface area contributed by atoms with Gasteiger partial charge in [0.15, 0.2) is 23.1 Å². The van der Waals surface area contributed by atoms with Crippen LogP contribution in [-0.2, 0) is 10.0 Å². The van der Waals surface area contributed by atoms with E-state index in [2.05, 4.69) is 21.5 Å². The number of aromatic nitrogens is 1. The second-order valence-corrected chi connectivity index (χ2v) is 12.1. The molecule has 1 aliphatic rings. The van der Waals surface area contributed by atoms with E-state index in [0.717, 1.165) is 50.2 Å². The number of piperidine rings is 1. The summed E-state index contributed by atoms with van der Waals surface area (Å²) in [6.45, 7) is 6.05. The summed E-state index contributed by atoms with van der Waals surface area (Å²) in [5, 5.41) is 0.583.